The maximum atomic E-state index is 14.8. The molecule has 1 saturated heterocycles. The molecule has 0 spiro atoms. The van der Waals surface area contributed by atoms with Crippen molar-refractivity contribution in [2.45, 2.75) is 36.1 Å². The molecule has 0 bridgehead atoms. The minimum Gasteiger partial charge on any atom is -0.393 e. The van der Waals surface area contributed by atoms with Crippen LogP contribution in [0.25, 0.3) is 0 Å². The van der Waals surface area contributed by atoms with E-state index >= 15 is 0 Å². The maximum Gasteiger partial charge on any atom is 0.348 e. The lowest BCUT2D eigenvalue weighted by Gasteiger charge is -2.40. The second-order valence-electron chi connectivity index (χ2n) is 8.51. The van der Waals surface area contributed by atoms with Crippen LogP contribution in [0.5, 0.6) is 0 Å². The van der Waals surface area contributed by atoms with Gasteiger partial charge in [0.05, 0.1) is 15.7 Å². The quantitative estimate of drug-likeness (QED) is 0.488. The first-order valence-electron chi connectivity index (χ1n) is 10.6. The lowest BCUT2D eigenvalue weighted by atomic mass is 9.57. The van der Waals surface area contributed by atoms with Gasteiger partial charge in [-0.25, -0.2) is 0 Å². The summed E-state index contributed by atoms with van der Waals surface area (Å²) in [6.45, 7) is 0. The maximum absolute atomic E-state index is 14.8. The van der Waals surface area contributed by atoms with Crippen LogP contribution in [-0.2, 0) is 25.6 Å². The second-order valence-corrected chi connectivity index (χ2v) is 8.95. The Morgan fingerprint density at radius 3 is 2.42 bits per heavy atom. The molecule has 2 atom stereocenters. The van der Waals surface area contributed by atoms with Crippen LogP contribution in [0.15, 0.2) is 42.5 Å². The van der Waals surface area contributed by atoms with E-state index in [0.717, 1.165) is 17.0 Å². The van der Waals surface area contributed by atoms with Gasteiger partial charge in [-0.3, -0.25) is 24.5 Å². The van der Waals surface area contributed by atoms with Crippen molar-refractivity contribution in [2.75, 3.05) is 0 Å². The highest BCUT2D eigenvalue weighted by atomic mass is 35.5. The number of piperidine rings is 1. The molecule has 2 aromatic rings. The van der Waals surface area contributed by atoms with Crippen LogP contribution in [0, 0.1) is 0 Å². The Balaban J connectivity index is 1.61. The number of alkyl halides is 2. The van der Waals surface area contributed by atoms with Crippen molar-refractivity contribution in [1.82, 2.24) is 15.0 Å². The molecule has 2 heterocycles. The van der Waals surface area contributed by atoms with Crippen molar-refractivity contribution in [2.24, 2.45) is 0 Å². The number of rotatable bonds is 5. The van der Waals surface area contributed by atoms with E-state index in [1.165, 1.54) is 30.3 Å². The standard InChI is InChI=1S/C22H14B4ClF2N3O4/c23-17(32(26)20(36)21(28,29)11-2-4-12(27)5-3-11)10-1-6-13-14(9-10)22(24,25)31(19(13)35)15-7-8-16(33)30-18(15)34/h1-6,9,15,17H,7-8H2,(H,30,33,34). The molecule has 8 radical (unpaired) electrons. The van der Waals surface area contributed by atoms with Crippen LogP contribution in [0.4, 0.5) is 8.78 Å². The summed E-state index contributed by atoms with van der Waals surface area (Å²) in [4.78, 5) is 50.6. The molecule has 14 heteroatoms. The zero-order chi connectivity index (χ0) is 26.6. The van der Waals surface area contributed by atoms with Crippen LogP contribution < -0.4 is 5.32 Å². The summed E-state index contributed by atoms with van der Waals surface area (Å²) in [5.41, 5.74) is -0.505. The van der Waals surface area contributed by atoms with E-state index in [4.69, 9.17) is 43.1 Å². The number of halogens is 3. The average Bonchev–Trinajstić information content (AvgIpc) is 3.03. The molecule has 2 aliphatic rings. The van der Waals surface area contributed by atoms with Gasteiger partial charge in [-0.15, -0.1) is 0 Å². The molecule has 1 N–H and O–H groups in total. The molecule has 4 rings (SSSR count). The van der Waals surface area contributed by atoms with Gasteiger partial charge in [-0.1, -0.05) is 35.9 Å². The highest BCUT2D eigenvalue weighted by Crippen LogP contribution is 2.40. The summed E-state index contributed by atoms with van der Waals surface area (Å²) >= 11 is 5.72. The largest absolute Gasteiger partial charge is 0.393 e. The number of amides is 4. The zero-order valence-corrected chi connectivity index (χ0v) is 19.3. The third-order valence-corrected chi connectivity index (χ3v) is 6.45. The third kappa shape index (κ3) is 4.23. The minimum atomic E-state index is -4.02. The van der Waals surface area contributed by atoms with Gasteiger partial charge < -0.3 is 9.71 Å². The fourth-order valence-corrected chi connectivity index (χ4v) is 4.38. The number of carbonyl (C=O) groups is 4. The Kier molecular flexibility index (Phi) is 6.58. The van der Waals surface area contributed by atoms with E-state index in [1.807, 2.05) is 0 Å². The predicted molar refractivity (Wildman–Crippen MR) is 128 cm³/mol. The summed E-state index contributed by atoms with van der Waals surface area (Å²) in [6.07, 6.45) is -0.00735. The molecule has 174 valence electrons. The van der Waals surface area contributed by atoms with Gasteiger partial charge in [0.25, 0.3) is 11.8 Å². The molecule has 7 nitrogen and oxygen atoms in total. The number of nitrogens with zero attached hydrogens (tertiary/aromatic N) is 2. The fraction of sp³-hybridized carbons (Fsp3) is 0.273. The molecular weight excluding hydrogens is 487 g/mol. The first kappa shape index (κ1) is 26.0. The molecule has 0 saturated carbocycles. The van der Waals surface area contributed by atoms with E-state index in [-0.39, 0.29) is 39.4 Å². The van der Waals surface area contributed by atoms with E-state index in [0.29, 0.717) is 0 Å². The van der Waals surface area contributed by atoms with Crippen LogP contribution in [0.3, 0.4) is 0 Å². The van der Waals surface area contributed by atoms with Crippen molar-refractivity contribution < 1.29 is 28.0 Å². The predicted octanol–water partition coefficient (Wildman–Crippen LogP) is 0.920. The Morgan fingerprint density at radius 2 is 1.81 bits per heavy atom. The van der Waals surface area contributed by atoms with E-state index < -0.39 is 52.4 Å². The summed E-state index contributed by atoms with van der Waals surface area (Å²) < 4.78 is 29.6. The summed E-state index contributed by atoms with van der Waals surface area (Å²) in [5, 5.41) is 0.341. The number of carbonyl (C=O) groups excluding carboxylic acids is 4. The van der Waals surface area contributed by atoms with Gasteiger partial charge >= 0.3 is 5.92 Å². The highest BCUT2D eigenvalue weighted by Gasteiger charge is 2.49. The van der Waals surface area contributed by atoms with Crippen molar-refractivity contribution in [3.05, 3.63) is 69.7 Å². The van der Waals surface area contributed by atoms with Gasteiger partial charge in [0.15, 0.2) is 0 Å². The average molecular weight is 501 g/mol. The van der Waals surface area contributed by atoms with Crippen molar-refractivity contribution >= 4 is 66.7 Å². The molecular formula is C22H14B4ClF2N3O4. The monoisotopic (exact) mass is 501 g/mol. The van der Waals surface area contributed by atoms with Gasteiger partial charge in [-0.2, -0.15) is 8.78 Å². The molecule has 0 aromatic heterocycles. The van der Waals surface area contributed by atoms with E-state index in [2.05, 4.69) is 5.32 Å². The molecule has 1 fully saturated rings. The molecule has 4 amide bonds. The summed E-state index contributed by atoms with van der Waals surface area (Å²) in [7, 11) is 24.2. The van der Waals surface area contributed by atoms with Crippen molar-refractivity contribution in [3.63, 3.8) is 0 Å². The molecule has 2 aromatic carbocycles. The molecule has 36 heavy (non-hydrogen) atoms. The Morgan fingerprint density at radius 1 is 1.17 bits per heavy atom. The molecule has 2 aliphatic heterocycles. The van der Waals surface area contributed by atoms with Crippen LogP contribution in [0.1, 0.15) is 45.8 Å². The number of nitrogens with one attached hydrogen (secondary N) is 1. The number of imide groups is 1. The van der Waals surface area contributed by atoms with E-state index in [9.17, 15) is 28.0 Å². The van der Waals surface area contributed by atoms with E-state index in [1.54, 1.807) is 0 Å². The third-order valence-electron chi connectivity index (χ3n) is 6.20. The smallest absolute Gasteiger partial charge is 0.348 e. The van der Waals surface area contributed by atoms with Crippen LogP contribution in [-0.4, -0.2) is 70.9 Å². The van der Waals surface area contributed by atoms with Crippen molar-refractivity contribution in [1.29, 1.82) is 0 Å². The topological polar surface area (TPSA) is 86.8 Å². The molecule has 2 unspecified atom stereocenters. The lowest BCUT2D eigenvalue weighted by Crippen LogP contribution is -2.59. The first-order valence-corrected chi connectivity index (χ1v) is 11.0. The van der Waals surface area contributed by atoms with Gasteiger partial charge in [0, 0.05) is 28.5 Å². The minimum absolute atomic E-state index is 0.0117. The summed E-state index contributed by atoms with van der Waals surface area (Å²) in [5.74, 6) is -9.26. The zero-order valence-electron chi connectivity index (χ0n) is 18.6. The molecule has 0 aliphatic carbocycles. The van der Waals surface area contributed by atoms with Crippen LogP contribution in [0.2, 0.25) is 5.02 Å². The number of hydrogen-bond donors (Lipinski definition) is 1. The second kappa shape index (κ2) is 9.10. The van der Waals surface area contributed by atoms with Gasteiger partial charge in [0.2, 0.25) is 19.8 Å². The summed E-state index contributed by atoms with van der Waals surface area (Å²) in [6, 6.07) is 7.13. The Bertz CT molecular complexity index is 1280. The van der Waals surface area contributed by atoms with Crippen molar-refractivity contribution in [3.8, 4) is 0 Å². The first-order chi connectivity index (χ1) is 16.8. The lowest BCUT2D eigenvalue weighted by molar-refractivity contribution is -0.154. The number of hydrogen-bond acceptors (Lipinski definition) is 4. The SMILES string of the molecule is [B]C(c1ccc2c(c1)C([B])([B])N(C1CCC(=O)NC1=O)C2=O)N([B])C(=O)C(F)(F)c1ccc(Cl)cc1. The number of benzene rings is 2. The Hall–Kier alpha value is -3.07. The van der Waals surface area contributed by atoms with Gasteiger partial charge in [0.1, 0.15) is 13.9 Å². The van der Waals surface area contributed by atoms with Crippen LogP contribution >= 0.6 is 11.6 Å². The van der Waals surface area contributed by atoms with Gasteiger partial charge in [-0.05, 0) is 41.1 Å². The Labute approximate surface area is 215 Å². The normalized spacial score (nSPS) is 20.0. The highest BCUT2D eigenvalue weighted by molar-refractivity contribution is 6.43. The number of fused-ring (bicyclic) bond motifs is 1. The fourth-order valence-electron chi connectivity index (χ4n) is 4.25.